The van der Waals surface area contributed by atoms with Gasteiger partial charge in [-0.25, -0.2) is 19.7 Å². The van der Waals surface area contributed by atoms with Crippen LogP contribution < -0.4 is 5.06 Å². The van der Waals surface area contributed by atoms with Gasteiger partial charge in [-0.05, 0) is 6.92 Å². The highest BCUT2D eigenvalue weighted by atomic mass is 16.6. The number of aliphatic hydroxyl groups excluding tert-OH is 2. The van der Waals surface area contributed by atoms with Crippen molar-refractivity contribution in [2.24, 2.45) is 0 Å². The van der Waals surface area contributed by atoms with Crippen LogP contribution in [0.2, 0.25) is 0 Å². The molecule has 0 saturated carbocycles. The molecule has 0 aliphatic carbocycles. The SMILES string of the molecule is COC(=O)N(O)c1ncnc2c1ncn2C1OC(CO)C(O)C1(C)O. The number of rotatable bonds is 3. The second-order valence-electron chi connectivity index (χ2n) is 5.68. The van der Waals surface area contributed by atoms with Crippen LogP contribution in [-0.4, -0.2) is 77.7 Å². The number of hydrogen-bond acceptors (Lipinski definition) is 10. The Morgan fingerprint density at radius 1 is 1.48 bits per heavy atom. The van der Waals surface area contributed by atoms with Gasteiger partial charge in [-0.2, -0.15) is 0 Å². The molecule has 1 amide bonds. The van der Waals surface area contributed by atoms with Crippen molar-refractivity contribution in [3.63, 3.8) is 0 Å². The van der Waals surface area contributed by atoms with E-state index in [1.807, 2.05) is 0 Å². The first-order valence-corrected chi connectivity index (χ1v) is 7.24. The standard InChI is InChI=1S/C13H17N5O7/c1-13(22)8(20)6(3-19)25-11(13)17-5-16-7-9(17)14-4-15-10(7)18(23)12(21)24-2/h4-6,8,11,19-20,22-23H,3H2,1-2H3. The van der Waals surface area contributed by atoms with Gasteiger partial charge in [0.25, 0.3) is 0 Å². The zero-order chi connectivity index (χ0) is 18.4. The molecule has 1 saturated heterocycles. The molecular formula is C13H17N5O7. The first-order valence-electron chi connectivity index (χ1n) is 7.24. The van der Waals surface area contributed by atoms with E-state index in [0.717, 1.165) is 13.4 Å². The first-order chi connectivity index (χ1) is 11.8. The molecule has 4 atom stereocenters. The lowest BCUT2D eigenvalue weighted by Gasteiger charge is -2.27. The van der Waals surface area contributed by atoms with E-state index in [1.54, 1.807) is 0 Å². The fourth-order valence-corrected chi connectivity index (χ4v) is 2.73. The van der Waals surface area contributed by atoms with Crippen molar-refractivity contribution < 1.29 is 34.8 Å². The number of hydrogen-bond donors (Lipinski definition) is 4. The molecular weight excluding hydrogens is 338 g/mol. The molecule has 1 aliphatic rings. The molecule has 0 radical (unpaired) electrons. The van der Waals surface area contributed by atoms with Crippen LogP contribution in [0.25, 0.3) is 11.2 Å². The molecule has 2 aromatic rings. The van der Waals surface area contributed by atoms with E-state index in [1.165, 1.54) is 17.8 Å². The first kappa shape index (κ1) is 17.4. The van der Waals surface area contributed by atoms with Crippen LogP contribution in [0.1, 0.15) is 13.2 Å². The Kier molecular flexibility index (Phi) is 4.30. The fourth-order valence-electron chi connectivity index (χ4n) is 2.73. The highest BCUT2D eigenvalue weighted by Gasteiger charge is 2.53. The smallest absolute Gasteiger partial charge is 0.439 e. The molecule has 1 fully saturated rings. The van der Waals surface area contributed by atoms with Gasteiger partial charge in [-0.3, -0.25) is 9.77 Å². The summed E-state index contributed by atoms with van der Waals surface area (Å²) in [5.41, 5.74) is -1.58. The molecule has 0 aromatic carbocycles. The number of fused-ring (bicyclic) bond motifs is 1. The molecule has 12 nitrogen and oxygen atoms in total. The molecule has 12 heteroatoms. The van der Waals surface area contributed by atoms with Crippen LogP contribution in [0.5, 0.6) is 0 Å². The molecule has 2 aromatic heterocycles. The summed E-state index contributed by atoms with van der Waals surface area (Å²) in [5, 5.41) is 39.9. The Morgan fingerprint density at radius 3 is 2.80 bits per heavy atom. The molecule has 0 spiro atoms. The number of methoxy groups -OCH3 is 1. The van der Waals surface area contributed by atoms with Gasteiger partial charge in [-0.15, -0.1) is 5.06 Å². The van der Waals surface area contributed by atoms with Crippen LogP contribution >= 0.6 is 0 Å². The number of amides is 1. The zero-order valence-electron chi connectivity index (χ0n) is 13.3. The molecule has 25 heavy (non-hydrogen) atoms. The summed E-state index contributed by atoms with van der Waals surface area (Å²) in [5.74, 6) is -0.229. The van der Waals surface area contributed by atoms with E-state index < -0.39 is 36.7 Å². The van der Waals surface area contributed by atoms with Crippen molar-refractivity contribution in [1.82, 2.24) is 19.5 Å². The Labute approximate surface area is 140 Å². The number of carbonyl (C=O) groups excluding carboxylic acids is 1. The summed E-state index contributed by atoms with van der Waals surface area (Å²) in [7, 11) is 1.09. The minimum Gasteiger partial charge on any atom is -0.451 e. The molecule has 1 aliphatic heterocycles. The third kappa shape index (κ3) is 2.60. The monoisotopic (exact) mass is 355 g/mol. The van der Waals surface area contributed by atoms with E-state index >= 15 is 0 Å². The fraction of sp³-hybridized carbons (Fsp3) is 0.538. The van der Waals surface area contributed by atoms with E-state index in [9.17, 15) is 25.3 Å². The third-order valence-electron chi connectivity index (χ3n) is 4.07. The number of imidazole rings is 1. The second kappa shape index (κ2) is 6.16. The minimum atomic E-state index is -1.74. The average Bonchev–Trinajstić information content (AvgIpc) is 3.12. The second-order valence-corrected chi connectivity index (χ2v) is 5.68. The van der Waals surface area contributed by atoms with Crippen LogP contribution in [0.4, 0.5) is 10.6 Å². The number of aliphatic hydroxyl groups is 3. The maximum atomic E-state index is 11.5. The zero-order valence-corrected chi connectivity index (χ0v) is 13.3. The third-order valence-corrected chi connectivity index (χ3v) is 4.07. The Morgan fingerprint density at radius 2 is 2.20 bits per heavy atom. The number of aromatic nitrogens is 4. The predicted octanol–water partition coefficient (Wildman–Crippen LogP) is -1.21. The van der Waals surface area contributed by atoms with Crippen molar-refractivity contribution in [2.45, 2.75) is 31.0 Å². The van der Waals surface area contributed by atoms with Gasteiger partial charge in [0.1, 0.15) is 24.1 Å². The number of anilines is 1. The Bertz CT molecular complexity index is 794. The lowest BCUT2D eigenvalue weighted by Crippen LogP contribution is -2.44. The predicted molar refractivity (Wildman–Crippen MR) is 79.6 cm³/mol. The number of hydroxylamine groups is 1. The van der Waals surface area contributed by atoms with E-state index in [2.05, 4.69) is 19.7 Å². The molecule has 0 bridgehead atoms. The maximum Gasteiger partial charge on any atom is 0.439 e. The highest BCUT2D eigenvalue weighted by Crippen LogP contribution is 2.39. The normalized spacial score (nSPS) is 29.1. The largest absolute Gasteiger partial charge is 0.451 e. The van der Waals surface area contributed by atoms with Gasteiger partial charge in [0.2, 0.25) is 0 Å². The van der Waals surface area contributed by atoms with Gasteiger partial charge in [0.15, 0.2) is 23.2 Å². The average molecular weight is 355 g/mol. The molecule has 136 valence electrons. The Balaban J connectivity index is 2.07. The van der Waals surface area contributed by atoms with Gasteiger partial charge >= 0.3 is 6.09 Å². The number of nitrogens with zero attached hydrogens (tertiary/aromatic N) is 5. The lowest BCUT2D eigenvalue weighted by atomic mass is 9.96. The minimum absolute atomic E-state index is 0.0386. The maximum absolute atomic E-state index is 11.5. The van der Waals surface area contributed by atoms with Crippen LogP contribution in [-0.2, 0) is 9.47 Å². The molecule has 4 unspecified atom stereocenters. The van der Waals surface area contributed by atoms with Crippen LogP contribution in [0.15, 0.2) is 12.7 Å². The van der Waals surface area contributed by atoms with E-state index in [-0.39, 0.29) is 22.0 Å². The lowest BCUT2D eigenvalue weighted by molar-refractivity contribution is -0.0950. The van der Waals surface area contributed by atoms with Crippen molar-refractivity contribution in [3.8, 4) is 0 Å². The summed E-state index contributed by atoms with van der Waals surface area (Å²) < 4.78 is 11.2. The molecule has 4 N–H and O–H groups in total. The van der Waals surface area contributed by atoms with Crippen molar-refractivity contribution in [1.29, 1.82) is 0 Å². The molecule has 3 rings (SSSR count). The Hall–Kier alpha value is -2.38. The van der Waals surface area contributed by atoms with E-state index in [4.69, 9.17) is 4.74 Å². The number of carbonyl (C=O) groups is 1. The summed E-state index contributed by atoms with van der Waals surface area (Å²) in [6.07, 6.45) is -2.20. The molecule has 3 heterocycles. The van der Waals surface area contributed by atoms with Gasteiger partial charge < -0.3 is 24.8 Å². The highest BCUT2D eigenvalue weighted by molar-refractivity contribution is 5.93. The van der Waals surface area contributed by atoms with Gasteiger partial charge in [0, 0.05) is 0 Å². The van der Waals surface area contributed by atoms with Crippen molar-refractivity contribution >= 4 is 23.1 Å². The quantitative estimate of drug-likeness (QED) is 0.388. The summed E-state index contributed by atoms with van der Waals surface area (Å²) in [6.45, 7) is 0.853. The topological polar surface area (TPSA) is 163 Å². The van der Waals surface area contributed by atoms with Crippen molar-refractivity contribution in [2.75, 3.05) is 18.8 Å². The summed E-state index contributed by atoms with van der Waals surface area (Å²) >= 11 is 0. The summed E-state index contributed by atoms with van der Waals surface area (Å²) in [6, 6.07) is 0. The summed E-state index contributed by atoms with van der Waals surface area (Å²) in [4.78, 5) is 23.3. The van der Waals surface area contributed by atoms with Gasteiger partial charge in [-0.1, -0.05) is 0 Å². The van der Waals surface area contributed by atoms with E-state index in [0.29, 0.717) is 0 Å². The van der Waals surface area contributed by atoms with Crippen LogP contribution in [0, 0.1) is 0 Å². The van der Waals surface area contributed by atoms with Crippen molar-refractivity contribution in [3.05, 3.63) is 12.7 Å². The van der Waals surface area contributed by atoms with Crippen LogP contribution in [0.3, 0.4) is 0 Å². The number of ether oxygens (including phenoxy) is 2. The van der Waals surface area contributed by atoms with Gasteiger partial charge in [0.05, 0.1) is 20.0 Å².